The monoisotopic (exact) mass is 341 g/mol. The summed E-state index contributed by atoms with van der Waals surface area (Å²) in [6.07, 6.45) is 6.75. The zero-order valence-electron chi connectivity index (χ0n) is 14.6. The molecule has 2 aromatic rings. The largest absolute Gasteiger partial charge is 0.392 e. The Labute approximate surface area is 149 Å². The first-order valence-corrected chi connectivity index (χ1v) is 9.09. The first-order chi connectivity index (χ1) is 12.2. The van der Waals surface area contributed by atoms with Crippen LogP contribution >= 0.6 is 0 Å². The molecule has 25 heavy (non-hydrogen) atoms. The number of amides is 1. The average Bonchev–Trinajstić information content (AvgIpc) is 3.12. The molecule has 1 aromatic carbocycles. The molecule has 0 aliphatic carbocycles. The van der Waals surface area contributed by atoms with E-state index in [2.05, 4.69) is 14.8 Å². The third-order valence-electron chi connectivity index (χ3n) is 4.66. The summed E-state index contributed by atoms with van der Waals surface area (Å²) in [7, 11) is 0. The molecule has 0 bridgehead atoms. The number of benzene rings is 1. The molecule has 1 fully saturated rings. The third kappa shape index (κ3) is 5.44. The zero-order chi connectivity index (χ0) is 17.5. The lowest BCUT2D eigenvalue weighted by molar-refractivity contribution is 0.0697. The summed E-state index contributed by atoms with van der Waals surface area (Å²) in [6.45, 7) is 4.21. The van der Waals surface area contributed by atoms with Gasteiger partial charge in [0.15, 0.2) is 0 Å². The summed E-state index contributed by atoms with van der Waals surface area (Å²) in [4.78, 5) is 14.5. The summed E-state index contributed by atoms with van der Waals surface area (Å²) in [6, 6.07) is 11.8. The molecular formula is C20H27N3O2. The van der Waals surface area contributed by atoms with E-state index < -0.39 is 0 Å². The van der Waals surface area contributed by atoms with Gasteiger partial charge in [-0.05, 0) is 62.2 Å². The summed E-state index contributed by atoms with van der Waals surface area (Å²) in [5.41, 5.74) is 1.88. The van der Waals surface area contributed by atoms with E-state index in [1.54, 1.807) is 0 Å². The Kier molecular flexibility index (Phi) is 6.25. The molecule has 3 rings (SSSR count). The number of nitrogens with one attached hydrogen (secondary N) is 1. The van der Waals surface area contributed by atoms with Crippen LogP contribution in [0.25, 0.3) is 0 Å². The number of rotatable bonds is 7. The van der Waals surface area contributed by atoms with Crippen LogP contribution in [0.3, 0.4) is 0 Å². The standard InChI is InChI=1S/C20H27N3O2/c24-19-5-3-13-23(16-19)14-4-10-21-20(25)18-8-6-17(7-9-18)15-22-11-1-2-12-22/h1-2,6-9,11-12,19,24H,3-5,10,13-16H2,(H,21,25)/t19-/m1/s1. The van der Waals surface area contributed by atoms with Crippen LogP contribution in [0.15, 0.2) is 48.8 Å². The predicted molar refractivity (Wildman–Crippen MR) is 98.6 cm³/mol. The van der Waals surface area contributed by atoms with Gasteiger partial charge in [-0.1, -0.05) is 12.1 Å². The van der Waals surface area contributed by atoms with Gasteiger partial charge in [0.05, 0.1) is 6.10 Å². The Morgan fingerprint density at radius 2 is 1.96 bits per heavy atom. The minimum atomic E-state index is -0.187. The van der Waals surface area contributed by atoms with Crippen LogP contribution in [0.2, 0.25) is 0 Å². The fourth-order valence-electron chi connectivity index (χ4n) is 3.29. The quantitative estimate of drug-likeness (QED) is 0.759. The molecule has 0 spiro atoms. The Bertz CT molecular complexity index is 652. The number of hydrogen-bond donors (Lipinski definition) is 2. The fourth-order valence-corrected chi connectivity index (χ4v) is 3.29. The Morgan fingerprint density at radius 1 is 1.20 bits per heavy atom. The van der Waals surface area contributed by atoms with Gasteiger partial charge in [0.25, 0.3) is 5.91 Å². The molecule has 5 nitrogen and oxygen atoms in total. The molecule has 1 atom stereocenters. The second kappa shape index (κ2) is 8.83. The van der Waals surface area contributed by atoms with Crippen molar-refractivity contribution in [1.29, 1.82) is 0 Å². The van der Waals surface area contributed by atoms with Crippen LogP contribution in [0, 0.1) is 0 Å². The van der Waals surface area contributed by atoms with E-state index in [0.29, 0.717) is 12.1 Å². The molecule has 0 unspecified atom stereocenters. The van der Waals surface area contributed by atoms with Crippen LogP contribution in [0.1, 0.15) is 35.2 Å². The molecule has 1 amide bonds. The maximum atomic E-state index is 12.2. The smallest absolute Gasteiger partial charge is 0.251 e. The molecule has 2 heterocycles. The Morgan fingerprint density at radius 3 is 2.68 bits per heavy atom. The maximum absolute atomic E-state index is 12.2. The lowest BCUT2D eigenvalue weighted by Crippen LogP contribution is -2.39. The van der Waals surface area contributed by atoms with E-state index in [1.807, 2.05) is 48.8 Å². The second-order valence-electron chi connectivity index (χ2n) is 6.76. The SMILES string of the molecule is O=C(NCCCN1CCC[C@@H](O)C1)c1ccc(Cn2cccc2)cc1. The predicted octanol–water partition coefficient (Wildman–Crippen LogP) is 2.11. The number of piperidine rings is 1. The van der Waals surface area contributed by atoms with E-state index in [-0.39, 0.29) is 12.0 Å². The van der Waals surface area contributed by atoms with Gasteiger partial charge in [-0.3, -0.25) is 4.79 Å². The van der Waals surface area contributed by atoms with Crippen molar-refractivity contribution >= 4 is 5.91 Å². The average molecular weight is 341 g/mol. The summed E-state index contributed by atoms with van der Waals surface area (Å²) in [5, 5.41) is 12.6. The van der Waals surface area contributed by atoms with Crippen molar-refractivity contribution in [2.45, 2.75) is 31.9 Å². The van der Waals surface area contributed by atoms with Crippen molar-refractivity contribution in [1.82, 2.24) is 14.8 Å². The number of likely N-dealkylation sites (tertiary alicyclic amines) is 1. The van der Waals surface area contributed by atoms with Crippen LogP contribution < -0.4 is 5.32 Å². The molecule has 1 saturated heterocycles. The topological polar surface area (TPSA) is 57.5 Å². The van der Waals surface area contributed by atoms with Gasteiger partial charge in [-0.15, -0.1) is 0 Å². The Hall–Kier alpha value is -2.11. The highest BCUT2D eigenvalue weighted by Gasteiger charge is 2.16. The van der Waals surface area contributed by atoms with Crippen molar-refractivity contribution in [2.24, 2.45) is 0 Å². The summed E-state index contributed by atoms with van der Waals surface area (Å²) < 4.78 is 2.10. The van der Waals surface area contributed by atoms with Crippen molar-refractivity contribution in [2.75, 3.05) is 26.2 Å². The molecular weight excluding hydrogens is 314 g/mol. The molecule has 5 heteroatoms. The Balaban J connectivity index is 1.39. The van der Waals surface area contributed by atoms with E-state index in [4.69, 9.17) is 0 Å². The minimum absolute atomic E-state index is 0.0220. The van der Waals surface area contributed by atoms with E-state index >= 15 is 0 Å². The van der Waals surface area contributed by atoms with Crippen molar-refractivity contribution in [3.63, 3.8) is 0 Å². The number of aliphatic hydroxyl groups excluding tert-OH is 1. The lowest BCUT2D eigenvalue weighted by atomic mass is 10.1. The van der Waals surface area contributed by atoms with E-state index in [1.165, 1.54) is 5.56 Å². The number of aromatic nitrogens is 1. The number of nitrogens with zero attached hydrogens (tertiary/aromatic N) is 2. The highest BCUT2D eigenvalue weighted by atomic mass is 16.3. The van der Waals surface area contributed by atoms with Gasteiger partial charge in [0, 0.05) is 37.6 Å². The maximum Gasteiger partial charge on any atom is 0.251 e. The second-order valence-corrected chi connectivity index (χ2v) is 6.76. The van der Waals surface area contributed by atoms with E-state index in [0.717, 1.165) is 45.4 Å². The molecule has 0 radical (unpaired) electrons. The number of carbonyl (C=O) groups excluding carboxylic acids is 1. The molecule has 1 aromatic heterocycles. The zero-order valence-corrected chi connectivity index (χ0v) is 14.6. The van der Waals surface area contributed by atoms with Crippen LogP contribution in [-0.2, 0) is 6.54 Å². The molecule has 1 aliphatic heterocycles. The summed E-state index contributed by atoms with van der Waals surface area (Å²) >= 11 is 0. The van der Waals surface area contributed by atoms with Gasteiger partial charge in [-0.2, -0.15) is 0 Å². The van der Waals surface area contributed by atoms with Gasteiger partial charge < -0.3 is 19.9 Å². The lowest BCUT2D eigenvalue weighted by Gasteiger charge is -2.29. The van der Waals surface area contributed by atoms with Crippen LogP contribution in [0.5, 0.6) is 0 Å². The molecule has 1 aliphatic rings. The summed E-state index contributed by atoms with van der Waals surface area (Å²) in [5.74, 6) is -0.0220. The first kappa shape index (κ1) is 17.7. The van der Waals surface area contributed by atoms with Gasteiger partial charge in [0.1, 0.15) is 0 Å². The van der Waals surface area contributed by atoms with Crippen LogP contribution in [-0.4, -0.2) is 52.8 Å². The number of β-amino-alcohol motifs (C(OH)–C–C–N with tert-alkyl or cyclic N) is 1. The first-order valence-electron chi connectivity index (χ1n) is 9.09. The molecule has 0 saturated carbocycles. The van der Waals surface area contributed by atoms with Crippen molar-refractivity contribution < 1.29 is 9.90 Å². The number of aliphatic hydroxyl groups is 1. The highest BCUT2D eigenvalue weighted by molar-refractivity contribution is 5.94. The van der Waals surface area contributed by atoms with Gasteiger partial charge >= 0.3 is 0 Å². The fraction of sp³-hybridized carbons (Fsp3) is 0.450. The molecule has 2 N–H and O–H groups in total. The molecule has 134 valence electrons. The highest BCUT2D eigenvalue weighted by Crippen LogP contribution is 2.10. The van der Waals surface area contributed by atoms with Crippen molar-refractivity contribution in [3.8, 4) is 0 Å². The van der Waals surface area contributed by atoms with Crippen molar-refractivity contribution in [3.05, 3.63) is 59.9 Å². The normalized spacial score (nSPS) is 18.2. The minimum Gasteiger partial charge on any atom is -0.392 e. The number of hydrogen-bond acceptors (Lipinski definition) is 3. The van der Waals surface area contributed by atoms with Gasteiger partial charge in [-0.25, -0.2) is 0 Å². The number of carbonyl (C=O) groups is 1. The van der Waals surface area contributed by atoms with Crippen LogP contribution in [0.4, 0.5) is 0 Å². The van der Waals surface area contributed by atoms with E-state index in [9.17, 15) is 9.90 Å². The van der Waals surface area contributed by atoms with Gasteiger partial charge in [0.2, 0.25) is 0 Å². The third-order valence-corrected chi connectivity index (χ3v) is 4.66.